The third-order valence-corrected chi connectivity index (χ3v) is 6.00. The summed E-state index contributed by atoms with van der Waals surface area (Å²) in [6.07, 6.45) is -1.30. The Bertz CT molecular complexity index is 903. The van der Waals surface area contributed by atoms with Gasteiger partial charge in [-0.3, -0.25) is 4.79 Å². The zero-order chi connectivity index (χ0) is 21.3. The number of carbonyl (C=O) groups excluding carboxylic acids is 1. The number of primary amides is 1. The van der Waals surface area contributed by atoms with Crippen molar-refractivity contribution in [2.75, 3.05) is 7.11 Å². The number of alkyl halides is 3. The molecule has 9 heteroatoms. The van der Waals surface area contributed by atoms with Gasteiger partial charge >= 0.3 is 6.18 Å². The summed E-state index contributed by atoms with van der Waals surface area (Å²) in [7, 11) is 1.55. The largest absolute Gasteiger partial charge is 0.480 e. The lowest BCUT2D eigenvalue weighted by Gasteiger charge is -2.30. The van der Waals surface area contributed by atoms with Gasteiger partial charge in [0, 0.05) is 12.1 Å². The molecule has 1 aromatic carbocycles. The van der Waals surface area contributed by atoms with E-state index in [2.05, 4.69) is 5.10 Å². The zero-order valence-corrected chi connectivity index (χ0v) is 17.0. The van der Waals surface area contributed by atoms with Crippen LogP contribution >= 0.6 is 11.6 Å². The number of methoxy groups -OCH3 is 1. The average molecular weight is 430 g/mol. The molecule has 2 N–H and O–H groups in total. The smallest absolute Gasteiger partial charge is 0.416 e. The van der Waals surface area contributed by atoms with Crippen LogP contribution in [-0.2, 0) is 12.7 Å². The minimum Gasteiger partial charge on any atom is -0.480 e. The first kappa shape index (κ1) is 21.5. The number of amides is 1. The van der Waals surface area contributed by atoms with E-state index in [4.69, 9.17) is 22.1 Å². The summed E-state index contributed by atoms with van der Waals surface area (Å²) in [4.78, 5) is 11.8. The Labute approximate surface area is 172 Å². The van der Waals surface area contributed by atoms with Gasteiger partial charge in [0.1, 0.15) is 5.02 Å². The molecule has 0 bridgehead atoms. The number of ether oxygens (including phenoxy) is 1. The van der Waals surface area contributed by atoms with Gasteiger partial charge in [-0.25, -0.2) is 4.68 Å². The van der Waals surface area contributed by atoms with Gasteiger partial charge in [-0.1, -0.05) is 17.7 Å². The summed E-state index contributed by atoms with van der Waals surface area (Å²) in [5.41, 5.74) is 5.76. The van der Waals surface area contributed by atoms with Crippen LogP contribution in [0.5, 0.6) is 5.88 Å². The van der Waals surface area contributed by atoms with Crippen molar-refractivity contribution in [3.05, 3.63) is 45.6 Å². The lowest BCUT2D eigenvalue weighted by atomic mass is 9.77. The number of carbonyl (C=O) groups is 1. The third-order valence-electron chi connectivity index (χ3n) is 5.57. The fraction of sp³-hybridized carbons (Fsp3) is 0.500. The molecular formula is C20H23ClF3N3O2. The first-order chi connectivity index (χ1) is 13.6. The molecule has 5 nitrogen and oxygen atoms in total. The minimum atomic E-state index is -4.51. The Balaban J connectivity index is 1.72. The van der Waals surface area contributed by atoms with E-state index in [1.807, 2.05) is 6.92 Å². The summed E-state index contributed by atoms with van der Waals surface area (Å²) < 4.78 is 46.0. The third kappa shape index (κ3) is 4.52. The average Bonchev–Trinajstić information content (AvgIpc) is 2.94. The number of aromatic nitrogens is 2. The van der Waals surface area contributed by atoms with E-state index in [1.54, 1.807) is 11.8 Å². The fourth-order valence-corrected chi connectivity index (χ4v) is 4.27. The van der Waals surface area contributed by atoms with Crippen LogP contribution in [0.3, 0.4) is 0 Å². The molecule has 0 atom stereocenters. The first-order valence-electron chi connectivity index (χ1n) is 9.39. The van der Waals surface area contributed by atoms with Crippen LogP contribution in [0.15, 0.2) is 18.2 Å². The monoisotopic (exact) mass is 429 g/mol. The maximum Gasteiger partial charge on any atom is 0.416 e. The van der Waals surface area contributed by atoms with E-state index in [9.17, 15) is 18.0 Å². The van der Waals surface area contributed by atoms with Crippen LogP contribution in [0.1, 0.15) is 58.8 Å². The fourth-order valence-electron chi connectivity index (χ4n) is 4.06. The van der Waals surface area contributed by atoms with Gasteiger partial charge < -0.3 is 10.5 Å². The van der Waals surface area contributed by atoms with Gasteiger partial charge in [0.05, 0.1) is 18.4 Å². The molecule has 1 saturated carbocycles. The van der Waals surface area contributed by atoms with Crippen molar-refractivity contribution < 1.29 is 22.7 Å². The SMILES string of the molecule is COc1c(Cl)c(C)nn1C[C@H]1CC[C@H](c2ccc(C(F)(F)F)cc2C(N)=O)CC1. The maximum absolute atomic E-state index is 13.0. The lowest BCUT2D eigenvalue weighted by Crippen LogP contribution is -2.22. The molecule has 2 aromatic rings. The minimum absolute atomic E-state index is 0.000810. The van der Waals surface area contributed by atoms with Gasteiger partial charge in [-0.15, -0.1) is 0 Å². The molecule has 158 valence electrons. The molecule has 0 unspecified atom stereocenters. The van der Waals surface area contributed by atoms with Crippen LogP contribution < -0.4 is 10.5 Å². The maximum atomic E-state index is 13.0. The Kier molecular flexibility index (Phi) is 6.12. The van der Waals surface area contributed by atoms with Crippen LogP contribution in [0.2, 0.25) is 5.02 Å². The second-order valence-corrected chi connectivity index (χ2v) is 7.85. The van der Waals surface area contributed by atoms with E-state index in [1.165, 1.54) is 6.07 Å². The van der Waals surface area contributed by atoms with Gasteiger partial charge in [-0.05, 0) is 62.1 Å². The number of halogens is 4. The molecule has 1 aliphatic rings. The second kappa shape index (κ2) is 8.26. The quantitative estimate of drug-likeness (QED) is 0.731. The first-order valence-corrected chi connectivity index (χ1v) is 9.77. The van der Waals surface area contributed by atoms with Gasteiger partial charge in [0.2, 0.25) is 11.8 Å². The number of nitrogens with two attached hydrogens (primary N) is 1. The lowest BCUT2D eigenvalue weighted by molar-refractivity contribution is -0.137. The van der Waals surface area contributed by atoms with E-state index >= 15 is 0 Å². The van der Waals surface area contributed by atoms with Gasteiger partial charge in [-0.2, -0.15) is 18.3 Å². The predicted molar refractivity (Wildman–Crippen MR) is 103 cm³/mol. The summed E-state index contributed by atoms with van der Waals surface area (Å²) in [6.45, 7) is 2.47. The molecule has 0 aliphatic heterocycles. The zero-order valence-electron chi connectivity index (χ0n) is 16.2. The molecule has 0 radical (unpaired) electrons. The highest BCUT2D eigenvalue weighted by molar-refractivity contribution is 6.32. The summed E-state index contributed by atoms with van der Waals surface area (Å²) in [5.74, 6) is 0.0348. The molecule has 1 amide bonds. The Morgan fingerprint density at radius 1 is 1.31 bits per heavy atom. The van der Waals surface area contributed by atoms with Crippen molar-refractivity contribution in [3.63, 3.8) is 0 Å². The highest BCUT2D eigenvalue weighted by Gasteiger charge is 2.33. The van der Waals surface area contributed by atoms with Crippen molar-refractivity contribution >= 4 is 17.5 Å². The number of benzene rings is 1. The Morgan fingerprint density at radius 3 is 2.52 bits per heavy atom. The normalized spacial score (nSPS) is 19.9. The molecule has 0 saturated heterocycles. The Morgan fingerprint density at radius 2 is 1.97 bits per heavy atom. The molecule has 1 aliphatic carbocycles. The summed E-state index contributed by atoms with van der Waals surface area (Å²) >= 11 is 6.19. The predicted octanol–water partition coefficient (Wildman–Crippen LogP) is 4.95. The topological polar surface area (TPSA) is 70.1 Å². The van der Waals surface area contributed by atoms with Crippen LogP contribution in [0.25, 0.3) is 0 Å². The molecular weight excluding hydrogens is 407 g/mol. The molecule has 0 spiro atoms. The van der Waals surface area contributed by atoms with Crippen molar-refractivity contribution in [1.82, 2.24) is 9.78 Å². The molecule has 1 fully saturated rings. The van der Waals surface area contributed by atoms with Crippen molar-refractivity contribution in [3.8, 4) is 5.88 Å². The second-order valence-electron chi connectivity index (χ2n) is 7.47. The van der Waals surface area contributed by atoms with Crippen molar-refractivity contribution in [2.45, 2.75) is 51.2 Å². The van der Waals surface area contributed by atoms with Crippen LogP contribution in [0, 0.1) is 12.8 Å². The summed E-state index contributed by atoms with van der Waals surface area (Å²) in [5, 5.41) is 4.91. The van der Waals surface area contributed by atoms with Gasteiger partial charge in [0.25, 0.3) is 0 Å². The number of hydrogen-bond donors (Lipinski definition) is 1. The number of rotatable bonds is 5. The standard InChI is InChI=1S/C20H23ClF3N3O2/c1-11-17(21)19(29-2)27(26-11)10-12-3-5-13(6-4-12)15-8-7-14(20(22,23)24)9-16(15)18(25)28/h7-9,12-13H,3-6,10H2,1-2H3,(H2,25,28)/t12-,13-. The number of hydrogen-bond acceptors (Lipinski definition) is 3. The summed E-state index contributed by atoms with van der Waals surface area (Å²) in [6, 6.07) is 3.28. The van der Waals surface area contributed by atoms with Crippen LogP contribution in [0.4, 0.5) is 13.2 Å². The van der Waals surface area contributed by atoms with Crippen LogP contribution in [-0.4, -0.2) is 22.8 Å². The highest BCUT2D eigenvalue weighted by atomic mass is 35.5. The van der Waals surface area contributed by atoms with E-state index in [-0.39, 0.29) is 11.5 Å². The number of aryl methyl sites for hydroxylation is 1. The number of nitrogens with zero attached hydrogens (tertiary/aromatic N) is 2. The molecule has 1 heterocycles. The molecule has 29 heavy (non-hydrogen) atoms. The van der Waals surface area contributed by atoms with Gasteiger partial charge in [0.15, 0.2) is 0 Å². The van der Waals surface area contributed by atoms with Crippen molar-refractivity contribution in [1.29, 1.82) is 0 Å². The molecule has 3 rings (SSSR count). The Hall–Kier alpha value is -2.22. The van der Waals surface area contributed by atoms with E-state index in [0.29, 0.717) is 34.6 Å². The highest BCUT2D eigenvalue weighted by Crippen LogP contribution is 2.40. The molecule has 1 aromatic heterocycles. The van der Waals surface area contributed by atoms with E-state index in [0.717, 1.165) is 37.8 Å². The van der Waals surface area contributed by atoms with E-state index < -0.39 is 17.6 Å². The van der Waals surface area contributed by atoms with Crippen molar-refractivity contribution in [2.24, 2.45) is 11.7 Å².